The first-order chi connectivity index (χ1) is 15.5. The Labute approximate surface area is 189 Å². The summed E-state index contributed by atoms with van der Waals surface area (Å²) in [5.41, 5.74) is 5.39. The maximum atomic E-state index is 5.97. The van der Waals surface area contributed by atoms with Crippen molar-refractivity contribution in [2.45, 2.75) is 24.7 Å². The molecule has 2 aromatic carbocycles. The Morgan fingerprint density at radius 1 is 0.719 bits per heavy atom. The minimum Gasteiger partial charge on any atom is -0.500 e. The number of rotatable bonds is 5. The summed E-state index contributed by atoms with van der Waals surface area (Å²) in [6, 6.07) is 10.3. The number of methoxy groups -OCH3 is 5. The Morgan fingerprint density at radius 2 is 1.44 bits per heavy atom. The molecule has 5 heteroatoms. The summed E-state index contributed by atoms with van der Waals surface area (Å²) >= 11 is 0. The van der Waals surface area contributed by atoms with Gasteiger partial charge in [0.1, 0.15) is 28.8 Å². The second-order valence-corrected chi connectivity index (χ2v) is 8.10. The Hall–Kier alpha value is -3.34. The number of benzene rings is 2. The van der Waals surface area contributed by atoms with Gasteiger partial charge >= 0.3 is 0 Å². The van der Waals surface area contributed by atoms with Crippen LogP contribution >= 0.6 is 0 Å². The van der Waals surface area contributed by atoms with E-state index in [2.05, 4.69) is 31.7 Å². The van der Waals surface area contributed by atoms with E-state index in [1.54, 1.807) is 35.5 Å². The quantitative estimate of drug-likeness (QED) is 0.606. The number of hydrogen-bond acceptors (Lipinski definition) is 5. The lowest BCUT2D eigenvalue weighted by Crippen LogP contribution is -2.14. The first-order valence-electron chi connectivity index (χ1n) is 10.6. The molecule has 3 unspecified atom stereocenters. The van der Waals surface area contributed by atoms with Crippen molar-refractivity contribution in [1.82, 2.24) is 0 Å². The van der Waals surface area contributed by atoms with Crippen LogP contribution in [0.4, 0.5) is 0 Å². The maximum Gasteiger partial charge on any atom is 0.127 e. The van der Waals surface area contributed by atoms with Crippen LogP contribution in [0, 0.1) is 0 Å². The van der Waals surface area contributed by atoms with Gasteiger partial charge in [0.2, 0.25) is 0 Å². The van der Waals surface area contributed by atoms with E-state index < -0.39 is 0 Å². The number of hydrogen-bond donors (Lipinski definition) is 0. The molecular formula is C27H30O5. The van der Waals surface area contributed by atoms with Crippen LogP contribution in [0.3, 0.4) is 0 Å². The fraction of sp³-hybridized carbons (Fsp3) is 0.333. The highest BCUT2D eigenvalue weighted by Gasteiger charge is 2.40. The van der Waals surface area contributed by atoms with Crippen molar-refractivity contribution in [3.05, 3.63) is 88.4 Å². The van der Waals surface area contributed by atoms with Crippen LogP contribution in [-0.2, 0) is 9.47 Å². The van der Waals surface area contributed by atoms with Crippen molar-refractivity contribution >= 4 is 0 Å². The molecule has 4 rings (SSSR count). The molecule has 3 atom stereocenters. The van der Waals surface area contributed by atoms with E-state index in [1.165, 1.54) is 5.56 Å². The van der Waals surface area contributed by atoms with Crippen molar-refractivity contribution in [3.8, 4) is 17.2 Å². The maximum absolute atomic E-state index is 5.97. The molecule has 168 valence electrons. The van der Waals surface area contributed by atoms with Gasteiger partial charge in [-0.1, -0.05) is 19.6 Å². The first kappa shape index (κ1) is 21.9. The van der Waals surface area contributed by atoms with Gasteiger partial charge in [0.25, 0.3) is 0 Å². The molecule has 2 aromatic rings. The van der Waals surface area contributed by atoms with Gasteiger partial charge in [-0.15, -0.1) is 0 Å². The molecule has 2 bridgehead atoms. The third-order valence-corrected chi connectivity index (χ3v) is 6.58. The van der Waals surface area contributed by atoms with Crippen LogP contribution in [0.2, 0.25) is 0 Å². The van der Waals surface area contributed by atoms with Crippen LogP contribution in [0.1, 0.15) is 46.9 Å². The average Bonchev–Trinajstić information content (AvgIpc) is 2.88. The van der Waals surface area contributed by atoms with Gasteiger partial charge < -0.3 is 23.7 Å². The molecule has 0 saturated heterocycles. The van der Waals surface area contributed by atoms with E-state index in [0.717, 1.165) is 45.3 Å². The van der Waals surface area contributed by atoms with Gasteiger partial charge in [0.15, 0.2) is 0 Å². The molecule has 0 aliphatic heterocycles. The lowest BCUT2D eigenvalue weighted by atomic mass is 9.80. The molecule has 0 N–H and O–H groups in total. The van der Waals surface area contributed by atoms with Gasteiger partial charge in [-0.05, 0) is 52.5 Å². The average molecular weight is 435 g/mol. The van der Waals surface area contributed by atoms with Crippen LogP contribution in [0.15, 0.2) is 66.2 Å². The van der Waals surface area contributed by atoms with Crippen molar-refractivity contribution in [2.24, 2.45) is 0 Å². The van der Waals surface area contributed by atoms with Crippen LogP contribution < -0.4 is 14.2 Å². The summed E-state index contributed by atoms with van der Waals surface area (Å²) in [6.07, 6.45) is 3.93. The van der Waals surface area contributed by atoms with Crippen LogP contribution in [0.25, 0.3) is 0 Å². The largest absolute Gasteiger partial charge is 0.500 e. The molecule has 0 saturated carbocycles. The number of fused-ring (bicyclic) bond motifs is 2. The molecule has 0 heterocycles. The predicted molar refractivity (Wildman–Crippen MR) is 125 cm³/mol. The van der Waals surface area contributed by atoms with Crippen molar-refractivity contribution in [1.29, 1.82) is 0 Å². The minimum atomic E-state index is -0.154. The fourth-order valence-corrected chi connectivity index (χ4v) is 5.05. The zero-order chi connectivity index (χ0) is 23.0. The molecule has 0 spiro atoms. The zero-order valence-electron chi connectivity index (χ0n) is 19.5. The monoisotopic (exact) mass is 434 g/mol. The summed E-state index contributed by atoms with van der Waals surface area (Å²) in [5, 5.41) is 0. The standard InChI is InChI=1S/C27H30O5/c1-15-10-18(29-4)13-23(31-6)26-16(2)20-9-8-17(28-3)11-21(20)25(15)27-22(26)12-19(30-5)14-24(27)32-7/h8-14,16,25-26H,1H2,2-7H3/b18-10+,23-13+. The normalized spacial score (nSPS) is 24.8. The fourth-order valence-electron chi connectivity index (χ4n) is 5.05. The number of ether oxygens (including phenoxy) is 5. The SMILES string of the molecule is C=C1/C=C(OC)\C=C(\OC)C2c3cc(OC)cc(OC)c3C1c1cc(OC)ccc1C2C. The molecule has 5 nitrogen and oxygen atoms in total. The van der Waals surface area contributed by atoms with Gasteiger partial charge in [0.05, 0.1) is 35.5 Å². The highest BCUT2D eigenvalue weighted by molar-refractivity contribution is 5.64. The smallest absolute Gasteiger partial charge is 0.127 e. The minimum absolute atomic E-state index is 0.0828. The van der Waals surface area contributed by atoms with E-state index in [1.807, 2.05) is 24.3 Å². The van der Waals surface area contributed by atoms with E-state index in [-0.39, 0.29) is 17.8 Å². The second-order valence-electron chi connectivity index (χ2n) is 8.10. The molecule has 0 aromatic heterocycles. The summed E-state index contributed by atoms with van der Waals surface area (Å²) < 4.78 is 28.8. The Balaban J connectivity index is 2.18. The van der Waals surface area contributed by atoms with Crippen LogP contribution in [-0.4, -0.2) is 35.5 Å². The summed E-state index contributed by atoms with van der Waals surface area (Å²) in [4.78, 5) is 0. The van der Waals surface area contributed by atoms with Crippen LogP contribution in [0.5, 0.6) is 17.2 Å². The molecular weight excluding hydrogens is 404 g/mol. The topological polar surface area (TPSA) is 46.2 Å². The molecule has 0 radical (unpaired) electrons. The highest BCUT2D eigenvalue weighted by Crippen LogP contribution is 2.55. The summed E-state index contributed by atoms with van der Waals surface area (Å²) in [7, 11) is 8.41. The predicted octanol–water partition coefficient (Wildman–Crippen LogP) is 5.68. The van der Waals surface area contributed by atoms with Crippen molar-refractivity contribution < 1.29 is 23.7 Å². The van der Waals surface area contributed by atoms with Gasteiger partial charge in [-0.25, -0.2) is 0 Å². The number of allylic oxidation sites excluding steroid dienone is 4. The second kappa shape index (κ2) is 8.65. The lowest BCUT2D eigenvalue weighted by Gasteiger charge is -2.27. The third kappa shape index (κ3) is 3.42. The van der Waals surface area contributed by atoms with Gasteiger partial charge in [0, 0.05) is 29.5 Å². The van der Waals surface area contributed by atoms with Crippen molar-refractivity contribution in [2.75, 3.05) is 35.5 Å². The third-order valence-electron chi connectivity index (χ3n) is 6.58. The molecule has 32 heavy (non-hydrogen) atoms. The lowest BCUT2D eigenvalue weighted by molar-refractivity contribution is 0.246. The van der Waals surface area contributed by atoms with Crippen molar-refractivity contribution in [3.63, 3.8) is 0 Å². The Morgan fingerprint density at radius 3 is 2.06 bits per heavy atom. The molecule has 0 fully saturated rings. The van der Waals surface area contributed by atoms with E-state index in [9.17, 15) is 0 Å². The molecule has 2 aliphatic rings. The highest BCUT2D eigenvalue weighted by atomic mass is 16.5. The van der Waals surface area contributed by atoms with E-state index >= 15 is 0 Å². The van der Waals surface area contributed by atoms with Gasteiger partial charge in [-0.3, -0.25) is 0 Å². The summed E-state index contributed by atoms with van der Waals surface area (Å²) in [5.74, 6) is 3.66. The summed E-state index contributed by atoms with van der Waals surface area (Å²) in [6.45, 7) is 6.69. The van der Waals surface area contributed by atoms with E-state index in [0.29, 0.717) is 5.76 Å². The molecule has 0 amide bonds. The Kier molecular flexibility index (Phi) is 5.92. The first-order valence-corrected chi connectivity index (χ1v) is 10.6. The van der Waals surface area contributed by atoms with Gasteiger partial charge in [-0.2, -0.15) is 0 Å². The molecule has 2 aliphatic carbocycles. The zero-order valence-corrected chi connectivity index (χ0v) is 19.5. The Bertz CT molecular complexity index is 1110. The van der Waals surface area contributed by atoms with E-state index in [4.69, 9.17) is 23.7 Å².